The molecule has 0 aliphatic heterocycles. The number of benzene rings is 1. The van der Waals surface area contributed by atoms with Gasteiger partial charge in [0.2, 0.25) is 0 Å². The maximum Gasteiger partial charge on any atom is 0.152 e. The van der Waals surface area contributed by atoms with Crippen LogP contribution in [0.25, 0.3) is 11.4 Å². The minimum atomic E-state index is 0.502. The smallest absolute Gasteiger partial charge is 0.152 e. The van der Waals surface area contributed by atoms with Crippen LogP contribution in [-0.2, 0) is 0 Å². The molecule has 3 rings (SSSR count). The molecule has 2 heterocycles. The van der Waals surface area contributed by atoms with Gasteiger partial charge in [-0.3, -0.25) is 4.79 Å². The Bertz CT molecular complexity index is 659. The largest absolute Gasteiger partial charge is 0.298 e. The van der Waals surface area contributed by atoms with Crippen LogP contribution >= 0.6 is 0 Å². The van der Waals surface area contributed by atoms with Crippen molar-refractivity contribution in [3.8, 4) is 11.4 Å². The van der Waals surface area contributed by atoms with Crippen molar-refractivity contribution in [2.24, 2.45) is 0 Å². The fraction of sp³-hybridized carbons (Fsp3) is 0. The van der Waals surface area contributed by atoms with E-state index in [1.807, 2.05) is 0 Å². The van der Waals surface area contributed by atoms with Gasteiger partial charge in [-0.05, 0) is 18.2 Å². The van der Waals surface area contributed by atoms with Crippen LogP contribution in [-0.4, -0.2) is 36.3 Å². The average Bonchev–Trinajstić information content (AvgIpc) is 3.11. The molecule has 7 nitrogen and oxygen atoms in total. The molecule has 0 amide bonds. The molecule has 0 aliphatic rings. The quantitative estimate of drug-likeness (QED) is 0.628. The maximum atomic E-state index is 11.0. The van der Waals surface area contributed by atoms with E-state index in [0.29, 0.717) is 11.3 Å². The van der Waals surface area contributed by atoms with Crippen molar-refractivity contribution >= 4 is 6.29 Å². The fourth-order valence-electron chi connectivity index (χ4n) is 1.62. The fourth-order valence-corrected chi connectivity index (χ4v) is 1.62. The second kappa shape index (κ2) is 4.21. The van der Waals surface area contributed by atoms with Gasteiger partial charge in [-0.25, -0.2) is 0 Å². The monoisotopic (exact) mass is 240 g/mol. The first kappa shape index (κ1) is 10.3. The van der Waals surface area contributed by atoms with Crippen molar-refractivity contribution in [2.45, 2.75) is 0 Å². The van der Waals surface area contributed by atoms with Crippen LogP contribution in [0.15, 0.2) is 43.0 Å². The van der Waals surface area contributed by atoms with Gasteiger partial charge in [0, 0.05) is 5.56 Å². The van der Waals surface area contributed by atoms with Crippen LogP contribution in [0.5, 0.6) is 0 Å². The molecule has 0 radical (unpaired) electrons. The van der Waals surface area contributed by atoms with Crippen LogP contribution in [0.1, 0.15) is 10.4 Å². The van der Waals surface area contributed by atoms with E-state index in [1.54, 1.807) is 43.0 Å². The third kappa shape index (κ3) is 1.67. The molecule has 0 bridgehead atoms. The average molecular weight is 240 g/mol. The molecular formula is C11H8N6O. The topological polar surface area (TPSA) is 78.5 Å². The molecular weight excluding hydrogens is 232 g/mol. The first-order valence-corrected chi connectivity index (χ1v) is 5.21. The second-order valence-electron chi connectivity index (χ2n) is 3.50. The first-order chi connectivity index (χ1) is 8.88. The molecule has 0 spiro atoms. The van der Waals surface area contributed by atoms with Crippen LogP contribution in [0.4, 0.5) is 0 Å². The molecule has 0 unspecified atom stereocenters. The lowest BCUT2D eigenvalue weighted by Gasteiger charge is -2.06. The van der Waals surface area contributed by atoms with Crippen molar-refractivity contribution in [1.82, 2.24) is 30.0 Å². The third-order valence-corrected chi connectivity index (χ3v) is 2.42. The third-order valence-electron chi connectivity index (χ3n) is 2.42. The summed E-state index contributed by atoms with van der Waals surface area (Å²) in [4.78, 5) is 13.9. The molecule has 7 heteroatoms. The van der Waals surface area contributed by atoms with Crippen LogP contribution in [0, 0.1) is 0 Å². The molecule has 0 N–H and O–H groups in total. The predicted molar refractivity (Wildman–Crippen MR) is 61.7 cm³/mol. The number of rotatable bonds is 3. The van der Waals surface area contributed by atoms with E-state index in [9.17, 15) is 4.79 Å². The summed E-state index contributed by atoms with van der Waals surface area (Å²) in [6.45, 7) is 0. The normalized spacial score (nSPS) is 10.4. The Labute approximate surface area is 102 Å². The Morgan fingerprint density at radius 2 is 1.50 bits per heavy atom. The molecule has 2 aromatic heterocycles. The van der Waals surface area contributed by atoms with Gasteiger partial charge in [0.1, 0.15) is 0 Å². The van der Waals surface area contributed by atoms with Gasteiger partial charge < -0.3 is 0 Å². The summed E-state index contributed by atoms with van der Waals surface area (Å²) in [5.41, 5.74) is 1.82. The standard InChI is InChI=1S/C11H8N6O/c18-8-9-1-2-10(16-12-3-4-13-16)7-11(9)17-14-5-6-15-17/h1-8H. The lowest BCUT2D eigenvalue weighted by atomic mass is 10.2. The summed E-state index contributed by atoms with van der Waals surface area (Å²) in [6.07, 6.45) is 7.03. The van der Waals surface area contributed by atoms with E-state index in [0.717, 1.165) is 12.0 Å². The van der Waals surface area contributed by atoms with E-state index in [1.165, 1.54) is 9.59 Å². The zero-order valence-electron chi connectivity index (χ0n) is 9.21. The molecule has 88 valence electrons. The molecule has 0 aliphatic carbocycles. The maximum absolute atomic E-state index is 11.0. The molecule has 0 saturated carbocycles. The van der Waals surface area contributed by atoms with E-state index in [2.05, 4.69) is 20.4 Å². The number of aromatic nitrogens is 6. The van der Waals surface area contributed by atoms with Gasteiger partial charge in [-0.15, -0.1) is 0 Å². The van der Waals surface area contributed by atoms with E-state index >= 15 is 0 Å². The number of aldehydes is 1. The van der Waals surface area contributed by atoms with Crippen LogP contribution < -0.4 is 0 Å². The minimum absolute atomic E-state index is 0.502. The Hall–Kier alpha value is -2.83. The van der Waals surface area contributed by atoms with Gasteiger partial charge in [0.05, 0.1) is 36.2 Å². The highest BCUT2D eigenvalue weighted by molar-refractivity contribution is 5.81. The summed E-state index contributed by atoms with van der Waals surface area (Å²) in [5.74, 6) is 0. The summed E-state index contributed by atoms with van der Waals surface area (Å²) < 4.78 is 0. The van der Waals surface area contributed by atoms with Crippen molar-refractivity contribution in [3.63, 3.8) is 0 Å². The molecule has 1 aromatic carbocycles. The van der Waals surface area contributed by atoms with Gasteiger partial charge in [0.25, 0.3) is 0 Å². The first-order valence-electron chi connectivity index (χ1n) is 5.21. The lowest BCUT2D eigenvalue weighted by molar-refractivity contribution is 0.112. The van der Waals surface area contributed by atoms with Crippen molar-refractivity contribution in [3.05, 3.63) is 48.5 Å². The van der Waals surface area contributed by atoms with E-state index in [4.69, 9.17) is 0 Å². The van der Waals surface area contributed by atoms with Gasteiger partial charge in [-0.2, -0.15) is 30.0 Å². The molecule has 18 heavy (non-hydrogen) atoms. The lowest BCUT2D eigenvalue weighted by Crippen LogP contribution is -2.06. The summed E-state index contributed by atoms with van der Waals surface area (Å²) >= 11 is 0. The minimum Gasteiger partial charge on any atom is -0.298 e. The second-order valence-corrected chi connectivity index (χ2v) is 3.50. The highest BCUT2D eigenvalue weighted by atomic mass is 16.1. The number of nitrogens with zero attached hydrogens (tertiary/aromatic N) is 6. The molecule has 0 atom stereocenters. The summed E-state index contributed by atoms with van der Waals surface area (Å²) in [7, 11) is 0. The number of carbonyl (C=O) groups excluding carboxylic acids is 1. The van der Waals surface area contributed by atoms with Gasteiger partial charge in [0.15, 0.2) is 6.29 Å². The SMILES string of the molecule is O=Cc1ccc(-n2nccn2)cc1-n1nccn1. The number of hydrogen-bond donors (Lipinski definition) is 0. The molecule has 0 saturated heterocycles. The number of carbonyl (C=O) groups is 1. The van der Waals surface area contributed by atoms with Crippen molar-refractivity contribution in [2.75, 3.05) is 0 Å². The summed E-state index contributed by atoms with van der Waals surface area (Å²) in [6, 6.07) is 5.20. The predicted octanol–water partition coefficient (Wildman–Crippen LogP) is 0.660. The van der Waals surface area contributed by atoms with E-state index < -0.39 is 0 Å². The van der Waals surface area contributed by atoms with Crippen LogP contribution in [0.2, 0.25) is 0 Å². The molecule has 0 fully saturated rings. The zero-order valence-corrected chi connectivity index (χ0v) is 9.21. The van der Waals surface area contributed by atoms with Crippen LogP contribution in [0.3, 0.4) is 0 Å². The number of hydrogen-bond acceptors (Lipinski definition) is 5. The van der Waals surface area contributed by atoms with Gasteiger partial charge in [-0.1, -0.05) is 0 Å². The Morgan fingerprint density at radius 3 is 2.11 bits per heavy atom. The Morgan fingerprint density at radius 1 is 0.889 bits per heavy atom. The van der Waals surface area contributed by atoms with E-state index in [-0.39, 0.29) is 0 Å². The van der Waals surface area contributed by atoms with Gasteiger partial charge >= 0.3 is 0 Å². The highest BCUT2D eigenvalue weighted by Gasteiger charge is 2.08. The van der Waals surface area contributed by atoms with Crippen molar-refractivity contribution in [1.29, 1.82) is 0 Å². The summed E-state index contributed by atoms with van der Waals surface area (Å²) in [5, 5.41) is 16.1. The molecule has 3 aromatic rings. The zero-order chi connectivity index (χ0) is 12.4. The Balaban J connectivity index is 2.16. The van der Waals surface area contributed by atoms with Crippen molar-refractivity contribution < 1.29 is 4.79 Å². The highest BCUT2D eigenvalue weighted by Crippen LogP contribution is 2.15. The Kier molecular flexibility index (Phi) is 2.41.